The summed E-state index contributed by atoms with van der Waals surface area (Å²) in [4.78, 5) is 5.22. The van der Waals surface area contributed by atoms with Gasteiger partial charge in [-0.1, -0.05) is 11.5 Å². The maximum atomic E-state index is 8.26. The van der Waals surface area contributed by atoms with E-state index >= 15 is 0 Å². The zero-order chi connectivity index (χ0) is 11.4. The topological polar surface area (TPSA) is 61.2 Å². The first-order valence-electron chi connectivity index (χ1n) is 6.03. The first-order valence-corrected chi connectivity index (χ1v) is 6.03. The van der Waals surface area contributed by atoms with Crippen LogP contribution in [0.15, 0.2) is 5.11 Å². The third-order valence-corrected chi connectivity index (χ3v) is 4.18. The van der Waals surface area contributed by atoms with E-state index in [2.05, 4.69) is 14.9 Å². The fourth-order valence-electron chi connectivity index (χ4n) is 3.17. The van der Waals surface area contributed by atoms with E-state index in [1.54, 1.807) is 7.11 Å². The van der Waals surface area contributed by atoms with Crippen molar-refractivity contribution in [3.8, 4) is 0 Å². The molecular formula is C11H20N4O. The molecule has 0 aromatic carbocycles. The van der Waals surface area contributed by atoms with Crippen LogP contribution in [-0.2, 0) is 4.74 Å². The van der Waals surface area contributed by atoms with Crippen molar-refractivity contribution < 1.29 is 4.74 Å². The molecule has 2 rings (SSSR count). The molecule has 1 spiro atoms. The summed E-state index contributed by atoms with van der Waals surface area (Å²) in [5, 5.41) is 3.61. The Morgan fingerprint density at radius 1 is 1.56 bits per heavy atom. The van der Waals surface area contributed by atoms with Crippen molar-refractivity contribution in [2.24, 2.45) is 16.4 Å². The van der Waals surface area contributed by atoms with E-state index in [4.69, 9.17) is 10.3 Å². The van der Waals surface area contributed by atoms with Gasteiger partial charge in [0, 0.05) is 44.1 Å². The van der Waals surface area contributed by atoms with Crippen LogP contribution < -0.4 is 0 Å². The van der Waals surface area contributed by atoms with Crippen LogP contribution in [0.2, 0.25) is 0 Å². The Hall–Kier alpha value is -0.770. The molecule has 0 radical (unpaired) electrons. The molecule has 2 fully saturated rings. The molecule has 0 aromatic heterocycles. The molecule has 2 aliphatic rings. The predicted octanol–water partition coefficient (Wildman–Crippen LogP) is 2.05. The number of methoxy groups -OCH3 is 1. The summed E-state index contributed by atoms with van der Waals surface area (Å²) in [5.41, 5.74) is 8.78. The maximum Gasteiger partial charge on any atom is 0.0508 e. The molecule has 5 nitrogen and oxygen atoms in total. The van der Waals surface area contributed by atoms with Crippen LogP contribution in [0.3, 0.4) is 0 Å². The number of ether oxygens (including phenoxy) is 1. The maximum absolute atomic E-state index is 8.26. The minimum Gasteiger partial charge on any atom is -0.384 e. The highest BCUT2D eigenvalue weighted by Gasteiger charge is 2.49. The lowest BCUT2D eigenvalue weighted by molar-refractivity contribution is 0.0368. The lowest BCUT2D eigenvalue weighted by atomic mass is 9.63. The second-order valence-corrected chi connectivity index (χ2v) is 5.06. The quantitative estimate of drug-likeness (QED) is 0.407. The van der Waals surface area contributed by atoms with Crippen molar-refractivity contribution in [2.75, 3.05) is 39.9 Å². The summed E-state index contributed by atoms with van der Waals surface area (Å²) in [7, 11) is 1.79. The average Bonchev–Trinajstić information content (AvgIpc) is 2.58. The summed E-state index contributed by atoms with van der Waals surface area (Å²) in [6, 6.07) is 0. The third-order valence-electron chi connectivity index (χ3n) is 4.18. The van der Waals surface area contributed by atoms with Crippen LogP contribution in [0.5, 0.6) is 0 Å². The lowest BCUT2D eigenvalue weighted by Gasteiger charge is -2.42. The normalized spacial score (nSPS) is 27.7. The van der Waals surface area contributed by atoms with Crippen molar-refractivity contribution in [3.05, 3.63) is 10.4 Å². The van der Waals surface area contributed by atoms with Gasteiger partial charge in [-0.2, -0.15) is 0 Å². The summed E-state index contributed by atoms with van der Waals surface area (Å²) in [6.45, 7) is 4.63. The second-order valence-electron chi connectivity index (χ2n) is 5.06. The Morgan fingerprint density at radius 2 is 2.38 bits per heavy atom. The highest BCUT2D eigenvalue weighted by molar-refractivity contribution is 5.01. The first-order chi connectivity index (χ1) is 7.80. The molecule has 1 atom stereocenters. The molecule has 90 valence electrons. The fourth-order valence-corrected chi connectivity index (χ4v) is 3.17. The van der Waals surface area contributed by atoms with Crippen molar-refractivity contribution in [1.29, 1.82) is 0 Å². The van der Waals surface area contributed by atoms with E-state index in [-0.39, 0.29) is 0 Å². The van der Waals surface area contributed by atoms with Crippen LogP contribution in [0.1, 0.15) is 19.3 Å². The van der Waals surface area contributed by atoms with Crippen LogP contribution in [0.4, 0.5) is 0 Å². The summed E-state index contributed by atoms with van der Waals surface area (Å²) in [5.74, 6) is 0.678. The van der Waals surface area contributed by atoms with Crippen molar-refractivity contribution in [2.45, 2.75) is 19.3 Å². The van der Waals surface area contributed by atoms with Crippen molar-refractivity contribution in [1.82, 2.24) is 4.90 Å². The molecule has 0 N–H and O–H groups in total. The van der Waals surface area contributed by atoms with Gasteiger partial charge in [0.1, 0.15) is 0 Å². The van der Waals surface area contributed by atoms with E-state index in [1.165, 1.54) is 25.8 Å². The third kappa shape index (κ3) is 2.17. The number of azide groups is 1. The number of nitrogens with zero attached hydrogens (tertiary/aromatic N) is 4. The minimum atomic E-state index is 0.520. The van der Waals surface area contributed by atoms with Crippen LogP contribution >= 0.6 is 0 Å². The number of rotatable bonds is 5. The smallest absolute Gasteiger partial charge is 0.0508 e. The van der Waals surface area contributed by atoms with Crippen molar-refractivity contribution >= 4 is 0 Å². The fraction of sp³-hybridized carbons (Fsp3) is 1.00. The molecule has 0 aromatic rings. The van der Waals surface area contributed by atoms with E-state index in [9.17, 15) is 0 Å². The predicted molar refractivity (Wildman–Crippen MR) is 62.1 cm³/mol. The highest BCUT2D eigenvalue weighted by atomic mass is 16.5. The largest absolute Gasteiger partial charge is 0.384 e. The average molecular weight is 224 g/mol. The Bertz CT molecular complexity index is 284. The van der Waals surface area contributed by atoms with Gasteiger partial charge >= 0.3 is 0 Å². The van der Waals surface area contributed by atoms with Gasteiger partial charge in [0.2, 0.25) is 0 Å². The Kier molecular flexibility index (Phi) is 3.69. The summed E-state index contributed by atoms with van der Waals surface area (Å²) in [6.07, 6.45) is 4.06. The SMILES string of the molecule is COCC1CN(CCN=[N+]=[N-])CC12CCC2. The molecule has 1 aliphatic carbocycles. The number of hydrogen-bond donors (Lipinski definition) is 0. The molecular weight excluding hydrogens is 204 g/mol. The minimum absolute atomic E-state index is 0.520. The molecule has 1 saturated heterocycles. The monoisotopic (exact) mass is 224 g/mol. The zero-order valence-corrected chi connectivity index (χ0v) is 9.93. The van der Waals surface area contributed by atoms with Gasteiger partial charge < -0.3 is 9.64 Å². The van der Waals surface area contributed by atoms with Crippen LogP contribution in [0, 0.1) is 11.3 Å². The molecule has 0 bridgehead atoms. The number of likely N-dealkylation sites (tertiary alicyclic amines) is 1. The van der Waals surface area contributed by atoms with E-state index in [1.807, 2.05) is 0 Å². The highest BCUT2D eigenvalue weighted by Crippen LogP contribution is 2.51. The van der Waals surface area contributed by atoms with Gasteiger partial charge in [0.05, 0.1) is 6.61 Å². The molecule has 5 heteroatoms. The van der Waals surface area contributed by atoms with Crippen molar-refractivity contribution in [3.63, 3.8) is 0 Å². The molecule has 1 heterocycles. The van der Waals surface area contributed by atoms with Gasteiger partial charge in [0.25, 0.3) is 0 Å². The second kappa shape index (κ2) is 5.04. The van der Waals surface area contributed by atoms with Gasteiger partial charge in [0.15, 0.2) is 0 Å². The number of hydrogen-bond acceptors (Lipinski definition) is 3. The van der Waals surface area contributed by atoms with Gasteiger partial charge in [-0.05, 0) is 23.8 Å². The Labute approximate surface area is 96.4 Å². The molecule has 16 heavy (non-hydrogen) atoms. The van der Waals surface area contributed by atoms with E-state index in [0.29, 0.717) is 17.9 Å². The molecule has 1 aliphatic heterocycles. The van der Waals surface area contributed by atoms with Gasteiger partial charge in [-0.3, -0.25) is 0 Å². The summed E-state index contributed by atoms with van der Waals surface area (Å²) >= 11 is 0. The Morgan fingerprint density at radius 3 is 2.94 bits per heavy atom. The lowest BCUT2D eigenvalue weighted by Crippen LogP contribution is -2.39. The van der Waals surface area contributed by atoms with E-state index < -0.39 is 0 Å². The summed E-state index contributed by atoms with van der Waals surface area (Å²) < 4.78 is 5.32. The molecule has 1 saturated carbocycles. The van der Waals surface area contributed by atoms with E-state index in [0.717, 1.165) is 19.7 Å². The van der Waals surface area contributed by atoms with Crippen LogP contribution in [0.25, 0.3) is 10.4 Å². The zero-order valence-electron chi connectivity index (χ0n) is 9.93. The van der Waals surface area contributed by atoms with Crippen LogP contribution in [-0.4, -0.2) is 44.8 Å². The standard InChI is InChI=1S/C11H20N4O/c1-16-8-10-7-15(6-5-13-14-12)9-11(10)3-2-4-11/h10H,2-9H2,1H3. The van der Waals surface area contributed by atoms with Gasteiger partial charge in [-0.25, -0.2) is 0 Å². The molecule has 0 amide bonds. The molecule has 1 unspecified atom stereocenters. The Balaban J connectivity index is 1.87. The first kappa shape index (κ1) is 11.7. The van der Waals surface area contributed by atoms with Gasteiger partial charge in [-0.15, -0.1) is 0 Å².